The number of hydrogen-bond donors (Lipinski definition) is 1. The molecule has 0 atom stereocenters. The molecule has 1 aromatic rings. The monoisotopic (exact) mass is 311 g/mol. The fourth-order valence-electron chi connectivity index (χ4n) is 2.81. The van der Waals surface area contributed by atoms with Crippen LogP contribution in [0.25, 0.3) is 22.3 Å². The highest BCUT2D eigenvalue weighted by atomic mass is 16.6. The van der Waals surface area contributed by atoms with Gasteiger partial charge in [0.05, 0.1) is 23.0 Å². The van der Waals surface area contributed by atoms with E-state index in [2.05, 4.69) is 0 Å². The van der Waals surface area contributed by atoms with E-state index < -0.39 is 10.9 Å². The summed E-state index contributed by atoms with van der Waals surface area (Å²) in [5, 5.41) is 20.6. The molecule has 1 aliphatic carbocycles. The number of fused-ring (bicyclic) bond motifs is 1. The van der Waals surface area contributed by atoms with Crippen LogP contribution in [0.15, 0.2) is 53.3 Å². The van der Waals surface area contributed by atoms with Crippen LogP contribution in [-0.4, -0.2) is 16.0 Å². The molecule has 6 nitrogen and oxygen atoms in total. The quantitative estimate of drug-likeness (QED) is 0.568. The van der Waals surface area contributed by atoms with Crippen LogP contribution in [0.4, 0.5) is 5.69 Å². The molecule has 6 heteroatoms. The molecule has 0 fully saturated rings. The number of benzene rings is 1. The van der Waals surface area contributed by atoms with Crippen LogP contribution in [0.1, 0.15) is 12.0 Å². The lowest BCUT2D eigenvalue weighted by molar-refractivity contribution is -0.384. The summed E-state index contributed by atoms with van der Waals surface area (Å²) in [6.45, 7) is 0. The van der Waals surface area contributed by atoms with Gasteiger partial charge in [0, 0.05) is 17.5 Å². The zero-order valence-electron chi connectivity index (χ0n) is 12.1. The molecule has 1 N–H and O–H groups in total. The summed E-state index contributed by atoms with van der Waals surface area (Å²) in [5.41, 5.74) is 2.83. The van der Waals surface area contributed by atoms with E-state index in [0.29, 0.717) is 27.8 Å². The predicted molar refractivity (Wildman–Crippen MR) is 83.4 cm³/mol. The molecule has 3 rings (SSSR count). The maximum atomic E-state index is 11.7. The van der Waals surface area contributed by atoms with Crippen LogP contribution < -0.4 is 0 Å². The third-order valence-corrected chi connectivity index (χ3v) is 3.74. The molecule has 2 aliphatic rings. The Morgan fingerprint density at radius 2 is 1.91 bits per heavy atom. The van der Waals surface area contributed by atoms with Crippen molar-refractivity contribution >= 4 is 11.7 Å². The van der Waals surface area contributed by atoms with E-state index >= 15 is 0 Å². The Balaban J connectivity index is 2.28. The van der Waals surface area contributed by atoms with Gasteiger partial charge in [-0.2, -0.15) is 0 Å². The van der Waals surface area contributed by atoms with Crippen molar-refractivity contribution in [3.63, 3.8) is 0 Å². The Kier molecular flexibility index (Phi) is 3.80. The molecular formula is C17H13NO5. The Morgan fingerprint density at radius 3 is 2.57 bits per heavy atom. The van der Waals surface area contributed by atoms with Crippen molar-refractivity contribution in [3.05, 3.63) is 64.6 Å². The lowest BCUT2D eigenvalue weighted by Gasteiger charge is -2.02. The fourth-order valence-corrected chi connectivity index (χ4v) is 2.81. The first-order chi connectivity index (χ1) is 11.1. The number of carboxylic acids is 1. The fraction of sp³-hybridized carbons (Fsp3) is 0.118. The van der Waals surface area contributed by atoms with Crippen molar-refractivity contribution in [2.75, 3.05) is 0 Å². The highest BCUT2D eigenvalue weighted by Gasteiger charge is 2.32. The minimum Gasteiger partial charge on any atom is -0.481 e. The highest BCUT2D eigenvalue weighted by molar-refractivity contribution is 5.97. The van der Waals surface area contributed by atoms with Crippen LogP contribution in [0, 0.1) is 10.1 Å². The average molecular weight is 311 g/mol. The number of aliphatic carboxylic acids is 1. The zero-order chi connectivity index (χ0) is 16.4. The summed E-state index contributed by atoms with van der Waals surface area (Å²) in [4.78, 5) is 22.1. The van der Waals surface area contributed by atoms with Gasteiger partial charge in [-0.15, -0.1) is 0 Å². The lowest BCUT2D eigenvalue weighted by atomic mass is 10.0. The van der Waals surface area contributed by atoms with E-state index in [1.54, 1.807) is 30.3 Å². The Hall–Kier alpha value is -3.15. The van der Waals surface area contributed by atoms with Gasteiger partial charge in [0.1, 0.15) is 0 Å². The molecule has 116 valence electrons. The van der Waals surface area contributed by atoms with Crippen molar-refractivity contribution < 1.29 is 19.2 Å². The summed E-state index contributed by atoms with van der Waals surface area (Å²) in [6.07, 6.45) is 2.83. The third kappa shape index (κ3) is 2.66. The SMILES string of the molecule is O=C(O)CCc1c2ccocc-2c(-c2ccccc2)c1[N+](=O)[O-]. The van der Waals surface area contributed by atoms with Crippen LogP contribution >= 0.6 is 0 Å². The summed E-state index contributed by atoms with van der Waals surface area (Å²) in [7, 11) is 0. The molecule has 0 unspecified atom stereocenters. The first-order valence-corrected chi connectivity index (χ1v) is 7.02. The number of carboxylic acid groups (broad SMARTS) is 1. The van der Waals surface area contributed by atoms with Gasteiger partial charge < -0.3 is 9.52 Å². The summed E-state index contributed by atoms with van der Waals surface area (Å²) < 4.78 is 5.19. The van der Waals surface area contributed by atoms with Crippen molar-refractivity contribution in [1.82, 2.24) is 0 Å². The van der Waals surface area contributed by atoms with Crippen molar-refractivity contribution in [3.8, 4) is 22.3 Å². The standard InChI is InChI=1S/C17H13NO5/c19-15(20)7-6-13-12-8-9-23-10-14(12)16(17(13)18(21)22)11-4-2-1-3-5-11/h1-5,8-10H,6-7H2,(H,19,20). The molecule has 0 aromatic heterocycles. The molecule has 23 heavy (non-hydrogen) atoms. The van der Waals surface area contributed by atoms with Gasteiger partial charge in [0.25, 0.3) is 5.69 Å². The van der Waals surface area contributed by atoms with Gasteiger partial charge in [0.2, 0.25) is 0 Å². The van der Waals surface area contributed by atoms with Crippen molar-refractivity contribution in [2.45, 2.75) is 12.8 Å². The second-order valence-electron chi connectivity index (χ2n) is 5.10. The topological polar surface area (TPSA) is 93.6 Å². The number of hydrogen-bond acceptors (Lipinski definition) is 4. The number of nitro groups is 1. The Labute approximate surface area is 131 Å². The third-order valence-electron chi connectivity index (χ3n) is 3.74. The van der Waals surface area contributed by atoms with Gasteiger partial charge in [-0.1, -0.05) is 30.3 Å². The lowest BCUT2D eigenvalue weighted by Crippen LogP contribution is -2.00. The van der Waals surface area contributed by atoms with E-state index in [1.807, 2.05) is 6.07 Å². The predicted octanol–water partition coefficient (Wildman–Crippen LogP) is 3.98. The maximum Gasteiger partial charge on any atom is 0.303 e. The first-order valence-electron chi connectivity index (χ1n) is 7.02. The highest BCUT2D eigenvalue weighted by Crippen LogP contribution is 2.48. The summed E-state index contributed by atoms with van der Waals surface area (Å²) >= 11 is 0. The van der Waals surface area contributed by atoms with Crippen LogP contribution in [0.3, 0.4) is 0 Å². The Morgan fingerprint density at radius 1 is 1.17 bits per heavy atom. The van der Waals surface area contributed by atoms with Crippen LogP contribution in [-0.2, 0) is 11.2 Å². The van der Waals surface area contributed by atoms with E-state index in [9.17, 15) is 14.9 Å². The molecule has 0 radical (unpaired) electrons. The maximum absolute atomic E-state index is 11.7. The molecule has 0 saturated heterocycles. The smallest absolute Gasteiger partial charge is 0.303 e. The number of nitrogens with zero attached hydrogens (tertiary/aromatic N) is 1. The van der Waals surface area contributed by atoms with Crippen molar-refractivity contribution in [1.29, 1.82) is 0 Å². The molecule has 1 heterocycles. The molecular weight excluding hydrogens is 298 g/mol. The molecule has 1 aliphatic heterocycles. The van der Waals surface area contributed by atoms with Crippen LogP contribution in [0.5, 0.6) is 0 Å². The van der Waals surface area contributed by atoms with Gasteiger partial charge in [-0.25, -0.2) is 0 Å². The average Bonchev–Trinajstić information content (AvgIpc) is 2.88. The van der Waals surface area contributed by atoms with Gasteiger partial charge >= 0.3 is 5.97 Å². The van der Waals surface area contributed by atoms with Gasteiger partial charge in [0.15, 0.2) is 0 Å². The molecule has 0 saturated carbocycles. The molecule has 0 bridgehead atoms. The second kappa shape index (κ2) is 5.92. The molecule has 0 spiro atoms. The van der Waals surface area contributed by atoms with E-state index in [4.69, 9.17) is 9.52 Å². The van der Waals surface area contributed by atoms with E-state index in [0.717, 1.165) is 0 Å². The summed E-state index contributed by atoms with van der Waals surface area (Å²) in [6, 6.07) is 10.7. The van der Waals surface area contributed by atoms with Crippen LogP contribution in [0.2, 0.25) is 0 Å². The molecule has 1 aromatic carbocycles. The van der Waals surface area contributed by atoms with E-state index in [1.165, 1.54) is 12.5 Å². The minimum atomic E-state index is -0.990. The summed E-state index contributed by atoms with van der Waals surface area (Å²) in [5.74, 6) is -0.990. The second-order valence-corrected chi connectivity index (χ2v) is 5.10. The first kappa shape index (κ1) is 14.8. The normalized spacial score (nSPS) is 10.8. The number of carbonyl (C=O) groups is 1. The van der Waals surface area contributed by atoms with Crippen molar-refractivity contribution in [2.24, 2.45) is 0 Å². The molecule has 0 amide bonds. The van der Waals surface area contributed by atoms with Gasteiger partial charge in [-0.3, -0.25) is 14.9 Å². The van der Waals surface area contributed by atoms with E-state index in [-0.39, 0.29) is 18.5 Å². The number of rotatable bonds is 5. The minimum absolute atomic E-state index is 0.0474. The Bertz CT molecular complexity index is 838. The largest absolute Gasteiger partial charge is 0.481 e. The zero-order valence-corrected chi connectivity index (χ0v) is 12.1. The van der Waals surface area contributed by atoms with Gasteiger partial charge in [-0.05, 0) is 23.6 Å².